The summed E-state index contributed by atoms with van der Waals surface area (Å²) >= 11 is 0. The van der Waals surface area contributed by atoms with Gasteiger partial charge in [0, 0.05) is 34.6 Å². The van der Waals surface area contributed by atoms with E-state index in [2.05, 4.69) is 31.4 Å². The second-order valence-corrected chi connectivity index (χ2v) is 8.01. The molecule has 1 amide bonds. The second kappa shape index (κ2) is 7.39. The predicted molar refractivity (Wildman–Crippen MR) is 110 cm³/mol. The average Bonchev–Trinajstić information content (AvgIpc) is 2.94. The zero-order valence-electron chi connectivity index (χ0n) is 16.3. The van der Waals surface area contributed by atoms with Gasteiger partial charge in [0.25, 0.3) is 5.91 Å². The number of benzene rings is 2. The molecular formula is C23H26N2O2. The van der Waals surface area contributed by atoms with Crippen LogP contribution in [-0.4, -0.2) is 11.7 Å². The van der Waals surface area contributed by atoms with Crippen molar-refractivity contribution in [2.24, 2.45) is 0 Å². The van der Waals surface area contributed by atoms with Crippen LogP contribution in [-0.2, 0) is 10.2 Å². The van der Waals surface area contributed by atoms with E-state index < -0.39 is 0 Å². The van der Waals surface area contributed by atoms with Crippen LogP contribution in [0.1, 0.15) is 56.5 Å². The summed E-state index contributed by atoms with van der Waals surface area (Å²) in [5, 5.41) is 6.21. The Balaban J connectivity index is 1.65. The number of hydrogen-bond acceptors (Lipinski definition) is 3. The van der Waals surface area contributed by atoms with Gasteiger partial charge in [-0.15, -0.1) is 0 Å². The van der Waals surface area contributed by atoms with E-state index in [0.29, 0.717) is 12.0 Å². The third-order valence-electron chi connectivity index (χ3n) is 4.92. The van der Waals surface area contributed by atoms with Crippen molar-refractivity contribution in [3.8, 4) is 0 Å². The molecule has 0 bridgehead atoms. The zero-order valence-corrected chi connectivity index (χ0v) is 16.3. The summed E-state index contributed by atoms with van der Waals surface area (Å²) in [7, 11) is 0. The smallest absolute Gasteiger partial charge is 0.255 e. The Morgan fingerprint density at radius 3 is 2.00 bits per heavy atom. The van der Waals surface area contributed by atoms with Gasteiger partial charge in [0.05, 0.1) is 0 Å². The molecule has 27 heavy (non-hydrogen) atoms. The van der Waals surface area contributed by atoms with E-state index in [1.54, 1.807) is 12.1 Å². The first-order chi connectivity index (χ1) is 12.7. The fourth-order valence-electron chi connectivity index (χ4n) is 3.07. The van der Waals surface area contributed by atoms with Crippen molar-refractivity contribution in [3.63, 3.8) is 0 Å². The molecule has 2 N–H and O–H groups in total. The van der Waals surface area contributed by atoms with E-state index in [-0.39, 0.29) is 17.1 Å². The lowest BCUT2D eigenvalue weighted by Crippen LogP contribution is -2.13. The summed E-state index contributed by atoms with van der Waals surface area (Å²) in [6.07, 6.45) is 1.32. The Bertz CT molecular complexity index is 885. The van der Waals surface area contributed by atoms with Crippen LogP contribution < -0.4 is 10.6 Å². The highest BCUT2D eigenvalue weighted by molar-refractivity contribution is 6.04. The van der Waals surface area contributed by atoms with Crippen LogP contribution in [0.2, 0.25) is 0 Å². The summed E-state index contributed by atoms with van der Waals surface area (Å²) in [6, 6.07) is 15.2. The minimum Gasteiger partial charge on any atom is -0.359 e. The van der Waals surface area contributed by atoms with E-state index >= 15 is 0 Å². The molecule has 0 saturated heterocycles. The molecule has 1 aliphatic carbocycles. The van der Waals surface area contributed by atoms with Gasteiger partial charge in [0.1, 0.15) is 0 Å². The first-order valence-corrected chi connectivity index (χ1v) is 9.26. The minimum absolute atomic E-state index is 0.0864. The minimum atomic E-state index is -0.142. The lowest BCUT2D eigenvalue weighted by molar-refractivity contribution is -0.114. The van der Waals surface area contributed by atoms with Crippen molar-refractivity contribution < 1.29 is 9.59 Å². The van der Waals surface area contributed by atoms with E-state index in [9.17, 15) is 9.59 Å². The highest BCUT2D eigenvalue weighted by Gasteiger charge is 2.19. The van der Waals surface area contributed by atoms with Gasteiger partial charge in [0.15, 0.2) is 5.78 Å². The number of rotatable bonds is 4. The summed E-state index contributed by atoms with van der Waals surface area (Å²) in [6.45, 7) is 8.34. The van der Waals surface area contributed by atoms with E-state index in [1.807, 2.05) is 43.3 Å². The predicted octanol–water partition coefficient (Wildman–Crippen LogP) is 5.29. The van der Waals surface area contributed by atoms with Crippen molar-refractivity contribution >= 4 is 23.1 Å². The molecule has 4 heteroatoms. The monoisotopic (exact) mass is 362 g/mol. The zero-order chi connectivity index (χ0) is 19.6. The van der Waals surface area contributed by atoms with Gasteiger partial charge in [-0.1, -0.05) is 32.9 Å². The first kappa shape index (κ1) is 18.9. The SMILES string of the molecule is CC1=C(Nc2ccc(C(=O)Nc3ccc(C(C)(C)C)cc3)cc2)CCC1=O. The number of anilines is 2. The molecule has 0 radical (unpaired) electrons. The molecule has 140 valence electrons. The van der Waals surface area contributed by atoms with Crippen LogP contribution >= 0.6 is 0 Å². The lowest BCUT2D eigenvalue weighted by Gasteiger charge is -2.19. The number of Topliss-reactive ketones (excluding diaryl/α,β-unsaturated/α-hetero) is 1. The molecular weight excluding hydrogens is 336 g/mol. The Morgan fingerprint density at radius 2 is 1.48 bits per heavy atom. The summed E-state index contributed by atoms with van der Waals surface area (Å²) in [5.41, 5.74) is 5.33. The highest BCUT2D eigenvalue weighted by Crippen LogP contribution is 2.25. The van der Waals surface area contributed by atoms with Crippen LogP contribution in [0.4, 0.5) is 11.4 Å². The number of carbonyl (C=O) groups is 2. The van der Waals surface area contributed by atoms with Crippen molar-refractivity contribution in [2.75, 3.05) is 10.6 Å². The molecule has 0 saturated carbocycles. The van der Waals surface area contributed by atoms with Gasteiger partial charge in [-0.25, -0.2) is 0 Å². The van der Waals surface area contributed by atoms with Gasteiger partial charge >= 0.3 is 0 Å². The lowest BCUT2D eigenvalue weighted by atomic mass is 9.87. The average molecular weight is 362 g/mol. The van der Waals surface area contributed by atoms with E-state index in [4.69, 9.17) is 0 Å². The maximum Gasteiger partial charge on any atom is 0.255 e. The molecule has 1 aliphatic rings. The molecule has 2 aromatic rings. The van der Waals surface area contributed by atoms with Gasteiger partial charge in [-0.3, -0.25) is 9.59 Å². The standard InChI is InChI=1S/C23H26N2O2/c1-15-20(13-14-21(15)26)24-18-9-5-16(6-10-18)22(27)25-19-11-7-17(8-12-19)23(2,3)4/h5-12,24H,13-14H2,1-4H3,(H,25,27). The number of hydrogen-bond donors (Lipinski definition) is 2. The largest absolute Gasteiger partial charge is 0.359 e. The van der Waals surface area contributed by atoms with E-state index in [0.717, 1.165) is 29.1 Å². The van der Waals surface area contributed by atoms with Crippen LogP contribution in [0.5, 0.6) is 0 Å². The van der Waals surface area contributed by atoms with Crippen molar-refractivity contribution in [2.45, 2.75) is 46.0 Å². The van der Waals surface area contributed by atoms with Crippen LogP contribution in [0.3, 0.4) is 0 Å². The molecule has 0 unspecified atom stereocenters. The maximum absolute atomic E-state index is 12.5. The molecule has 0 heterocycles. The third-order valence-corrected chi connectivity index (χ3v) is 4.92. The topological polar surface area (TPSA) is 58.2 Å². The molecule has 2 aromatic carbocycles. The number of nitrogens with one attached hydrogen (secondary N) is 2. The molecule has 0 atom stereocenters. The number of amides is 1. The summed E-state index contributed by atoms with van der Waals surface area (Å²) < 4.78 is 0. The van der Waals surface area contributed by atoms with Crippen molar-refractivity contribution in [3.05, 3.63) is 70.9 Å². The van der Waals surface area contributed by atoms with Gasteiger partial charge < -0.3 is 10.6 Å². The Hall–Kier alpha value is -2.88. The second-order valence-electron chi connectivity index (χ2n) is 8.01. The van der Waals surface area contributed by atoms with Crippen LogP contribution in [0, 0.1) is 0 Å². The number of allylic oxidation sites excluding steroid dienone is 2. The molecule has 4 nitrogen and oxygen atoms in total. The number of carbonyl (C=O) groups excluding carboxylic acids is 2. The normalized spacial score (nSPS) is 14.4. The quantitative estimate of drug-likeness (QED) is 0.777. The third kappa shape index (κ3) is 4.45. The van der Waals surface area contributed by atoms with Crippen molar-refractivity contribution in [1.29, 1.82) is 0 Å². The molecule has 0 fully saturated rings. The fraction of sp³-hybridized carbons (Fsp3) is 0.304. The van der Waals surface area contributed by atoms with Gasteiger partial charge in [0.2, 0.25) is 0 Å². The number of ketones is 1. The Morgan fingerprint density at radius 1 is 0.889 bits per heavy atom. The van der Waals surface area contributed by atoms with Crippen LogP contribution in [0.15, 0.2) is 59.8 Å². The highest BCUT2D eigenvalue weighted by atomic mass is 16.1. The van der Waals surface area contributed by atoms with Gasteiger partial charge in [-0.05, 0) is 60.7 Å². The Labute approximate surface area is 160 Å². The summed E-state index contributed by atoms with van der Waals surface area (Å²) in [5.74, 6) is 0.0578. The fourth-order valence-corrected chi connectivity index (χ4v) is 3.07. The molecule has 0 aromatic heterocycles. The molecule has 0 spiro atoms. The Kier molecular flexibility index (Phi) is 5.17. The summed E-state index contributed by atoms with van der Waals surface area (Å²) in [4.78, 5) is 24.1. The maximum atomic E-state index is 12.5. The first-order valence-electron chi connectivity index (χ1n) is 9.26. The van der Waals surface area contributed by atoms with Crippen molar-refractivity contribution in [1.82, 2.24) is 0 Å². The molecule has 3 rings (SSSR count). The molecule has 0 aliphatic heterocycles. The van der Waals surface area contributed by atoms with Crippen LogP contribution in [0.25, 0.3) is 0 Å². The van der Waals surface area contributed by atoms with Gasteiger partial charge in [-0.2, -0.15) is 0 Å². The van der Waals surface area contributed by atoms with E-state index in [1.165, 1.54) is 5.56 Å².